The lowest BCUT2D eigenvalue weighted by atomic mass is 9.74. The first-order valence-corrected chi connectivity index (χ1v) is 7.94. The molecule has 0 saturated carbocycles. The molecule has 1 spiro atoms. The number of rotatable bonds is 2. The lowest BCUT2D eigenvalue weighted by molar-refractivity contribution is 0.130. The number of ether oxygens (including phenoxy) is 1. The van der Waals surface area contributed by atoms with Gasteiger partial charge in [0.15, 0.2) is 0 Å². The third-order valence-corrected chi connectivity index (χ3v) is 5.08. The Morgan fingerprint density at radius 3 is 2.59 bits per heavy atom. The molecule has 2 aromatic rings. The van der Waals surface area contributed by atoms with Crippen LogP contribution in [0.1, 0.15) is 24.0 Å². The molecule has 1 saturated heterocycles. The monoisotopic (exact) mass is 297 g/mol. The second kappa shape index (κ2) is 5.40. The molecule has 0 bridgehead atoms. The number of halogens is 1. The minimum absolute atomic E-state index is 0.0935. The first-order valence-electron chi connectivity index (χ1n) is 7.94. The van der Waals surface area contributed by atoms with Crippen molar-refractivity contribution in [2.24, 2.45) is 0 Å². The summed E-state index contributed by atoms with van der Waals surface area (Å²) in [5.41, 5.74) is 2.66. The van der Waals surface area contributed by atoms with Gasteiger partial charge in [-0.05, 0) is 37.6 Å². The molecule has 0 amide bonds. The predicted molar refractivity (Wildman–Crippen MR) is 84.5 cm³/mol. The molecule has 1 fully saturated rings. The van der Waals surface area contributed by atoms with Crippen LogP contribution >= 0.6 is 0 Å². The van der Waals surface area contributed by atoms with E-state index in [1.165, 1.54) is 17.2 Å². The van der Waals surface area contributed by atoms with Gasteiger partial charge in [0.1, 0.15) is 11.6 Å². The number of nitrogens with zero attached hydrogens (tertiary/aromatic N) is 1. The van der Waals surface area contributed by atoms with Gasteiger partial charge in [0.2, 0.25) is 0 Å². The first-order chi connectivity index (χ1) is 10.8. The average molecular weight is 297 g/mol. The Balaban J connectivity index is 1.47. The summed E-state index contributed by atoms with van der Waals surface area (Å²) in [7, 11) is 0. The third-order valence-electron chi connectivity index (χ3n) is 5.08. The van der Waals surface area contributed by atoms with Crippen LogP contribution in [-0.2, 0) is 12.0 Å². The van der Waals surface area contributed by atoms with Gasteiger partial charge in [-0.3, -0.25) is 4.90 Å². The van der Waals surface area contributed by atoms with Crippen molar-refractivity contribution in [3.8, 4) is 5.75 Å². The molecule has 0 aromatic heterocycles. The Kier molecular flexibility index (Phi) is 3.38. The van der Waals surface area contributed by atoms with E-state index in [9.17, 15) is 4.39 Å². The highest BCUT2D eigenvalue weighted by molar-refractivity contribution is 5.44. The van der Waals surface area contributed by atoms with Crippen LogP contribution in [0.15, 0.2) is 48.5 Å². The van der Waals surface area contributed by atoms with Crippen LogP contribution in [0.2, 0.25) is 0 Å². The second-order valence-electron chi connectivity index (χ2n) is 6.47. The van der Waals surface area contributed by atoms with E-state index in [4.69, 9.17) is 4.74 Å². The maximum atomic E-state index is 13.3. The Morgan fingerprint density at radius 2 is 1.82 bits per heavy atom. The fraction of sp³-hybridized carbons (Fsp3) is 0.368. The SMILES string of the molecule is Fc1ccc2c(c1)OCC21CCN(Cc2ccccc2)CC1. The van der Waals surface area contributed by atoms with Gasteiger partial charge in [0, 0.05) is 23.6 Å². The van der Waals surface area contributed by atoms with Gasteiger partial charge in [0.05, 0.1) is 6.61 Å². The molecular formula is C19H20FNO. The lowest BCUT2D eigenvalue weighted by Crippen LogP contribution is -2.43. The second-order valence-corrected chi connectivity index (χ2v) is 6.47. The summed E-state index contributed by atoms with van der Waals surface area (Å²) >= 11 is 0. The summed E-state index contributed by atoms with van der Waals surface area (Å²) in [6, 6.07) is 15.6. The normalized spacial score (nSPS) is 19.9. The zero-order valence-corrected chi connectivity index (χ0v) is 12.6. The Morgan fingerprint density at radius 1 is 1.05 bits per heavy atom. The van der Waals surface area contributed by atoms with Crippen LogP contribution in [0.25, 0.3) is 0 Å². The van der Waals surface area contributed by atoms with Crippen molar-refractivity contribution in [2.75, 3.05) is 19.7 Å². The number of benzene rings is 2. The summed E-state index contributed by atoms with van der Waals surface area (Å²) in [5, 5.41) is 0. The van der Waals surface area contributed by atoms with E-state index in [2.05, 4.69) is 35.2 Å². The van der Waals surface area contributed by atoms with Gasteiger partial charge in [-0.15, -0.1) is 0 Å². The molecule has 2 heterocycles. The molecule has 114 valence electrons. The predicted octanol–water partition coefficient (Wildman–Crippen LogP) is 3.75. The molecule has 2 nitrogen and oxygen atoms in total. The fourth-order valence-corrected chi connectivity index (χ4v) is 3.74. The van der Waals surface area contributed by atoms with Gasteiger partial charge in [-0.2, -0.15) is 0 Å². The van der Waals surface area contributed by atoms with Crippen LogP contribution in [0.5, 0.6) is 5.75 Å². The van der Waals surface area contributed by atoms with E-state index in [-0.39, 0.29) is 11.2 Å². The third kappa shape index (κ3) is 2.40. The number of piperidine rings is 1. The minimum Gasteiger partial charge on any atom is -0.492 e. The van der Waals surface area contributed by atoms with Crippen molar-refractivity contribution >= 4 is 0 Å². The summed E-state index contributed by atoms with van der Waals surface area (Å²) in [5.74, 6) is 0.536. The molecule has 3 heteroatoms. The van der Waals surface area contributed by atoms with E-state index in [0.29, 0.717) is 6.61 Å². The Bertz CT molecular complexity index is 662. The first kappa shape index (κ1) is 13.8. The Labute approximate surface area is 130 Å². The van der Waals surface area contributed by atoms with Gasteiger partial charge in [-0.25, -0.2) is 4.39 Å². The Hall–Kier alpha value is -1.87. The molecule has 0 unspecified atom stereocenters. The van der Waals surface area contributed by atoms with E-state index in [0.717, 1.165) is 38.2 Å². The van der Waals surface area contributed by atoms with Crippen molar-refractivity contribution in [1.29, 1.82) is 0 Å². The molecule has 0 radical (unpaired) electrons. The van der Waals surface area contributed by atoms with Crippen molar-refractivity contribution in [1.82, 2.24) is 4.90 Å². The van der Waals surface area contributed by atoms with Crippen LogP contribution in [0.4, 0.5) is 4.39 Å². The molecule has 0 atom stereocenters. The number of likely N-dealkylation sites (tertiary alicyclic amines) is 1. The van der Waals surface area contributed by atoms with Gasteiger partial charge < -0.3 is 4.74 Å². The molecular weight excluding hydrogens is 277 g/mol. The van der Waals surface area contributed by atoms with Crippen molar-refractivity contribution in [3.05, 3.63) is 65.5 Å². The summed E-state index contributed by atoms with van der Waals surface area (Å²) in [4.78, 5) is 2.50. The minimum atomic E-state index is -0.211. The van der Waals surface area contributed by atoms with Crippen molar-refractivity contribution in [2.45, 2.75) is 24.8 Å². The van der Waals surface area contributed by atoms with E-state index in [1.807, 2.05) is 6.07 Å². The topological polar surface area (TPSA) is 12.5 Å². The smallest absolute Gasteiger partial charge is 0.126 e. The maximum Gasteiger partial charge on any atom is 0.126 e. The molecule has 2 aliphatic rings. The van der Waals surface area contributed by atoms with Gasteiger partial charge in [-0.1, -0.05) is 36.4 Å². The fourth-order valence-electron chi connectivity index (χ4n) is 3.74. The molecule has 22 heavy (non-hydrogen) atoms. The molecule has 2 aliphatic heterocycles. The molecule has 0 aliphatic carbocycles. The van der Waals surface area contributed by atoms with Gasteiger partial charge >= 0.3 is 0 Å². The highest BCUT2D eigenvalue weighted by Crippen LogP contribution is 2.45. The quantitative estimate of drug-likeness (QED) is 0.837. The molecule has 2 aromatic carbocycles. The highest BCUT2D eigenvalue weighted by Gasteiger charge is 2.43. The van der Waals surface area contributed by atoms with Crippen molar-refractivity contribution < 1.29 is 9.13 Å². The largest absolute Gasteiger partial charge is 0.492 e. The average Bonchev–Trinajstić information content (AvgIpc) is 2.89. The van der Waals surface area contributed by atoms with E-state index in [1.54, 1.807) is 6.07 Å². The van der Waals surface area contributed by atoms with Gasteiger partial charge in [0.25, 0.3) is 0 Å². The zero-order valence-electron chi connectivity index (χ0n) is 12.6. The molecule has 0 N–H and O–H groups in total. The maximum absolute atomic E-state index is 13.3. The summed E-state index contributed by atoms with van der Waals surface area (Å²) < 4.78 is 19.1. The lowest BCUT2D eigenvalue weighted by Gasteiger charge is -2.38. The van der Waals surface area contributed by atoms with E-state index < -0.39 is 0 Å². The van der Waals surface area contributed by atoms with Crippen LogP contribution in [0.3, 0.4) is 0 Å². The number of hydrogen-bond donors (Lipinski definition) is 0. The van der Waals surface area contributed by atoms with Crippen LogP contribution < -0.4 is 4.74 Å². The van der Waals surface area contributed by atoms with Crippen molar-refractivity contribution in [3.63, 3.8) is 0 Å². The van der Waals surface area contributed by atoms with Crippen LogP contribution in [0, 0.1) is 5.82 Å². The standard InChI is InChI=1S/C19H20FNO/c20-16-6-7-17-18(12-16)22-14-19(17)8-10-21(11-9-19)13-15-4-2-1-3-5-15/h1-7,12H,8-11,13-14H2. The molecule has 4 rings (SSSR count). The number of fused-ring (bicyclic) bond motifs is 2. The van der Waals surface area contributed by atoms with Crippen LogP contribution in [-0.4, -0.2) is 24.6 Å². The van der Waals surface area contributed by atoms with E-state index >= 15 is 0 Å². The zero-order chi connectivity index (χ0) is 15.0. The number of hydrogen-bond acceptors (Lipinski definition) is 2. The summed E-state index contributed by atoms with van der Waals surface area (Å²) in [6.45, 7) is 3.84. The summed E-state index contributed by atoms with van der Waals surface area (Å²) in [6.07, 6.45) is 2.16. The highest BCUT2D eigenvalue weighted by atomic mass is 19.1.